The first-order chi connectivity index (χ1) is 23.3. The standard InChI is InChI=1S/C17H26N4O2.C14H21N3O4S.C4H9N/c1-12-10-21(16(22)23-17(2,3)4)11-13-9-18-15(19-14(12)13)20-7-5-6-8-20;1-9-7-17(13(18)21-14(2,3)4)8-10-6-15-12(16-11(9)10)22(5,19)20;1-2-4-5-3-1/h9,12H,5-8,10-11H2,1-4H3;6,9H,7-8H2,1-5H3;5H,1-4H2. The summed E-state index contributed by atoms with van der Waals surface area (Å²) in [4.78, 5) is 47.4. The number of hydrogen-bond acceptors (Lipinski definition) is 12. The summed E-state index contributed by atoms with van der Waals surface area (Å²) >= 11 is 0. The van der Waals surface area contributed by atoms with Crippen molar-refractivity contribution in [2.75, 3.05) is 50.4 Å². The second-order valence-electron chi connectivity index (χ2n) is 15.6. The molecule has 0 aromatic carbocycles. The van der Waals surface area contributed by atoms with Crippen LogP contribution in [0, 0.1) is 0 Å². The van der Waals surface area contributed by atoms with Crippen molar-refractivity contribution in [1.82, 2.24) is 35.1 Å². The maximum Gasteiger partial charge on any atom is 0.410 e. The third kappa shape index (κ3) is 11.2. The number of aromatic nitrogens is 4. The fraction of sp³-hybridized carbons (Fsp3) is 0.714. The van der Waals surface area contributed by atoms with Crippen LogP contribution in [-0.4, -0.2) is 107 Å². The highest BCUT2D eigenvalue weighted by molar-refractivity contribution is 7.90. The summed E-state index contributed by atoms with van der Waals surface area (Å²) < 4.78 is 33.9. The lowest BCUT2D eigenvalue weighted by atomic mass is 9.98. The Kier molecular flexibility index (Phi) is 12.7. The highest BCUT2D eigenvalue weighted by Crippen LogP contribution is 2.30. The third-order valence-corrected chi connectivity index (χ3v) is 9.25. The number of sulfone groups is 1. The van der Waals surface area contributed by atoms with Crippen LogP contribution in [0.1, 0.15) is 115 Å². The molecule has 278 valence electrons. The molecule has 15 heteroatoms. The van der Waals surface area contributed by atoms with Gasteiger partial charge < -0.3 is 29.5 Å². The molecule has 2 saturated heterocycles. The van der Waals surface area contributed by atoms with Crippen LogP contribution in [0.5, 0.6) is 0 Å². The predicted molar refractivity (Wildman–Crippen MR) is 191 cm³/mol. The molecule has 0 saturated carbocycles. The number of carbonyl (C=O) groups excluding carboxylic acids is 2. The summed E-state index contributed by atoms with van der Waals surface area (Å²) in [6.45, 7) is 21.6. The Bertz CT molecular complexity index is 1590. The van der Waals surface area contributed by atoms with E-state index in [0.29, 0.717) is 31.9 Å². The van der Waals surface area contributed by atoms with Gasteiger partial charge in [-0.15, -0.1) is 0 Å². The van der Waals surface area contributed by atoms with Gasteiger partial charge in [0.05, 0.1) is 24.5 Å². The van der Waals surface area contributed by atoms with Gasteiger partial charge in [-0.05, 0) is 80.3 Å². The molecular formula is C35H56N8O6S. The lowest BCUT2D eigenvalue weighted by molar-refractivity contribution is 0.0197. The minimum atomic E-state index is -3.44. The maximum absolute atomic E-state index is 12.3. The van der Waals surface area contributed by atoms with Gasteiger partial charge in [-0.2, -0.15) is 0 Å². The van der Waals surface area contributed by atoms with E-state index in [1.165, 1.54) is 45.0 Å². The van der Waals surface area contributed by atoms with Crippen LogP contribution in [0.4, 0.5) is 15.5 Å². The van der Waals surface area contributed by atoms with Gasteiger partial charge in [0.25, 0.3) is 0 Å². The molecular weight excluding hydrogens is 661 g/mol. The van der Waals surface area contributed by atoms with Crippen LogP contribution in [0.2, 0.25) is 0 Å². The van der Waals surface area contributed by atoms with Crippen LogP contribution in [0.25, 0.3) is 0 Å². The Morgan fingerprint density at radius 1 is 0.760 bits per heavy atom. The van der Waals surface area contributed by atoms with Gasteiger partial charge in [-0.1, -0.05) is 13.8 Å². The number of hydrogen-bond donors (Lipinski definition) is 1. The first-order valence-corrected chi connectivity index (χ1v) is 19.5. The van der Waals surface area contributed by atoms with Crippen molar-refractivity contribution in [2.24, 2.45) is 0 Å². The lowest BCUT2D eigenvalue weighted by Gasteiger charge is -2.34. The fourth-order valence-electron chi connectivity index (χ4n) is 6.09. The van der Waals surface area contributed by atoms with Gasteiger partial charge in [0.15, 0.2) is 0 Å². The molecule has 2 unspecified atom stereocenters. The van der Waals surface area contributed by atoms with E-state index in [2.05, 4.69) is 32.1 Å². The Labute approximate surface area is 297 Å². The van der Waals surface area contributed by atoms with Crippen LogP contribution in [0.15, 0.2) is 17.6 Å². The van der Waals surface area contributed by atoms with Gasteiger partial charge in [0.1, 0.15) is 11.2 Å². The van der Waals surface area contributed by atoms with E-state index in [-0.39, 0.29) is 23.1 Å². The lowest BCUT2D eigenvalue weighted by Crippen LogP contribution is -2.41. The molecule has 2 aromatic rings. The molecule has 2 aromatic heterocycles. The van der Waals surface area contributed by atoms with E-state index in [4.69, 9.17) is 14.5 Å². The van der Waals surface area contributed by atoms with Crippen molar-refractivity contribution >= 4 is 28.0 Å². The van der Waals surface area contributed by atoms with Crippen molar-refractivity contribution in [3.05, 3.63) is 34.9 Å². The minimum absolute atomic E-state index is 0.0835. The Hall–Kier alpha value is -3.59. The Morgan fingerprint density at radius 3 is 1.64 bits per heavy atom. The predicted octanol–water partition coefficient (Wildman–Crippen LogP) is 5.04. The molecule has 2 fully saturated rings. The number of anilines is 1. The molecule has 50 heavy (non-hydrogen) atoms. The first-order valence-electron chi connectivity index (χ1n) is 17.6. The monoisotopic (exact) mass is 716 g/mol. The second kappa shape index (κ2) is 16.2. The fourth-order valence-corrected chi connectivity index (χ4v) is 6.60. The molecule has 0 aliphatic carbocycles. The summed E-state index contributed by atoms with van der Waals surface area (Å²) in [7, 11) is -3.44. The zero-order valence-electron chi connectivity index (χ0n) is 31.3. The zero-order chi connectivity index (χ0) is 36.9. The molecule has 6 rings (SSSR count). The summed E-state index contributed by atoms with van der Waals surface area (Å²) in [6, 6.07) is 0. The average molecular weight is 717 g/mol. The zero-order valence-corrected chi connectivity index (χ0v) is 32.1. The maximum atomic E-state index is 12.3. The topological polar surface area (TPSA) is 160 Å². The van der Waals surface area contributed by atoms with Crippen LogP contribution in [-0.2, 0) is 32.4 Å². The van der Waals surface area contributed by atoms with Gasteiger partial charge in [0.2, 0.25) is 20.9 Å². The minimum Gasteiger partial charge on any atom is -0.444 e. The quantitative estimate of drug-likeness (QED) is 0.414. The molecule has 0 bridgehead atoms. The molecule has 0 radical (unpaired) electrons. The first kappa shape index (κ1) is 39.2. The molecule has 4 aliphatic heterocycles. The molecule has 1 N–H and O–H groups in total. The molecule has 2 atom stereocenters. The van der Waals surface area contributed by atoms with Crippen molar-refractivity contribution in [2.45, 2.75) is 122 Å². The number of nitrogens with zero attached hydrogens (tertiary/aromatic N) is 7. The number of fused-ring (bicyclic) bond motifs is 2. The van der Waals surface area contributed by atoms with Crippen LogP contribution < -0.4 is 10.2 Å². The number of carbonyl (C=O) groups is 2. The van der Waals surface area contributed by atoms with E-state index >= 15 is 0 Å². The SMILES string of the molecule is C1CCNC1.CC1CN(C(=O)OC(C)(C)C)Cc2cnc(N3CCCC3)nc21.CC1CN(C(=O)OC(C)(C)C)Cc2cnc(S(C)(=O)=O)nc21. The molecule has 4 aliphatic rings. The van der Waals surface area contributed by atoms with E-state index in [1.54, 1.807) is 9.80 Å². The van der Waals surface area contributed by atoms with Crippen molar-refractivity contribution in [1.29, 1.82) is 0 Å². The Balaban J connectivity index is 0.000000197. The Morgan fingerprint density at radius 2 is 1.22 bits per heavy atom. The molecule has 14 nitrogen and oxygen atoms in total. The summed E-state index contributed by atoms with van der Waals surface area (Å²) in [5.74, 6) is 0.939. The summed E-state index contributed by atoms with van der Waals surface area (Å²) in [6.07, 6.45) is 8.98. The number of rotatable bonds is 2. The van der Waals surface area contributed by atoms with E-state index in [9.17, 15) is 18.0 Å². The van der Waals surface area contributed by atoms with Gasteiger partial charge in [0, 0.05) is 67.8 Å². The summed E-state index contributed by atoms with van der Waals surface area (Å²) in [5.41, 5.74) is 2.49. The van der Waals surface area contributed by atoms with Crippen LogP contribution in [0.3, 0.4) is 0 Å². The van der Waals surface area contributed by atoms with Crippen molar-refractivity contribution in [3.8, 4) is 0 Å². The number of ether oxygens (including phenoxy) is 2. The van der Waals surface area contributed by atoms with E-state index in [1.807, 2.05) is 54.7 Å². The van der Waals surface area contributed by atoms with Gasteiger partial charge in [-0.25, -0.2) is 37.9 Å². The molecule has 0 spiro atoms. The largest absolute Gasteiger partial charge is 0.444 e. The van der Waals surface area contributed by atoms with Gasteiger partial charge >= 0.3 is 12.2 Å². The highest BCUT2D eigenvalue weighted by Gasteiger charge is 2.32. The van der Waals surface area contributed by atoms with E-state index < -0.39 is 27.1 Å². The average Bonchev–Trinajstić information content (AvgIpc) is 3.77. The van der Waals surface area contributed by atoms with Crippen LogP contribution >= 0.6 is 0 Å². The smallest absolute Gasteiger partial charge is 0.410 e. The third-order valence-electron chi connectivity index (χ3n) is 8.39. The normalized spacial score (nSPS) is 20.5. The molecule has 2 amide bonds. The summed E-state index contributed by atoms with van der Waals surface area (Å²) in [5, 5.41) is 3.05. The molecule has 6 heterocycles. The van der Waals surface area contributed by atoms with Gasteiger partial charge in [-0.3, -0.25) is 0 Å². The highest BCUT2D eigenvalue weighted by atomic mass is 32.2. The van der Waals surface area contributed by atoms with Crippen molar-refractivity contribution < 1.29 is 27.5 Å². The second-order valence-corrected chi connectivity index (χ2v) is 17.5. The number of amides is 2. The van der Waals surface area contributed by atoms with E-state index in [0.717, 1.165) is 42.1 Å². The van der Waals surface area contributed by atoms with Crippen molar-refractivity contribution in [3.63, 3.8) is 0 Å². The number of nitrogens with one attached hydrogen (secondary N) is 1.